The number of ether oxygens (including phenoxy) is 1. The Morgan fingerprint density at radius 3 is 2.23 bits per heavy atom. The first-order valence-electron chi connectivity index (χ1n) is 6.94. The Bertz CT molecular complexity index is 619. The van der Waals surface area contributed by atoms with Crippen molar-refractivity contribution in [2.75, 3.05) is 6.61 Å². The largest absolute Gasteiger partial charge is 0.624 e. The van der Waals surface area contributed by atoms with E-state index in [1.165, 1.54) is 12.1 Å². The van der Waals surface area contributed by atoms with E-state index in [-0.39, 0.29) is 16.6 Å². The van der Waals surface area contributed by atoms with Crippen molar-refractivity contribution in [2.45, 2.75) is 38.8 Å². The van der Waals surface area contributed by atoms with Crippen LogP contribution in [0.3, 0.4) is 0 Å². The van der Waals surface area contributed by atoms with Gasteiger partial charge in [-0.05, 0) is 38.1 Å². The van der Waals surface area contributed by atoms with E-state index in [1.807, 2.05) is 0 Å². The number of carbonyl (C=O) groups is 1. The summed E-state index contributed by atoms with van der Waals surface area (Å²) in [7, 11) is 0. The molecule has 0 aromatic heterocycles. The minimum Gasteiger partial charge on any atom is -0.624 e. The maximum atomic E-state index is 12.6. The molecule has 0 fully saturated rings. The fourth-order valence-corrected chi connectivity index (χ4v) is 2.29. The van der Waals surface area contributed by atoms with Crippen LogP contribution < -0.4 is 9.80 Å². The summed E-state index contributed by atoms with van der Waals surface area (Å²) in [4.78, 5) is 11.0. The highest BCUT2D eigenvalue weighted by Crippen LogP contribution is 2.27. The summed E-state index contributed by atoms with van der Waals surface area (Å²) in [5, 5.41) is 33.5. The molecule has 1 atom stereocenters. The monoisotopic (exact) mass is 308 g/mol. The van der Waals surface area contributed by atoms with Crippen LogP contribution in [0.1, 0.15) is 33.3 Å². The highest BCUT2D eigenvalue weighted by atomic mass is 16.5. The molecule has 0 bridgehead atoms. The van der Waals surface area contributed by atoms with Gasteiger partial charge in [-0.2, -0.15) is 0 Å². The fourth-order valence-electron chi connectivity index (χ4n) is 2.29. The lowest BCUT2D eigenvalue weighted by Crippen LogP contribution is -3.17. The van der Waals surface area contributed by atoms with Gasteiger partial charge in [0.25, 0.3) is 0 Å². The van der Waals surface area contributed by atoms with Crippen LogP contribution in [-0.4, -0.2) is 39.3 Å². The van der Waals surface area contributed by atoms with Gasteiger partial charge < -0.3 is 20.3 Å². The van der Waals surface area contributed by atoms with Crippen molar-refractivity contribution < 1.29 is 24.4 Å². The van der Waals surface area contributed by atoms with Gasteiger partial charge in [0.1, 0.15) is 17.9 Å². The summed E-state index contributed by atoms with van der Waals surface area (Å²) in [6, 6.07) is 6.07. The molecule has 2 N–H and O–H groups in total. The van der Waals surface area contributed by atoms with Crippen LogP contribution in [0, 0.1) is 10.4 Å². The third-order valence-corrected chi connectivity index (χ3v) is 4.51. The first-order chi connectivity index (χ1) is 10.1. The second-order valence-electron chi connectivity index (χ2n) is 6.31. The maximum absolute atomic E-state index is 12.6. The molecule has 120 valence electrons. The average molecular weight is 308 g/mol. The smallest absolute Gasteiger partial charge is 0.381 e. The van der Waals surface area contributed by atoms with Crippen LogP contribution in [0.25, 0.3) is 0 Å². The molecule has 0 amide bonds. The Balaban J connectivity index is 2.36. The molecule has 0 saturated carbocycles. The maximum Gasteiger partial charge on any atom is 0.381 e. The number of carbonyl (C=O) groups excluding carboxylic acids is 1. The van der Waals surface area contributed by atoms with Gasteiger partial charge in [-0.1, -0.05) is 0 Å². The molecule has 2 rings (SSSR count). The molecule has 22 heavy (non-hydrogen) atoms. The number of hydrogen-bond acceptors (Lipinski definition) is 5. The van der Waals surface area contributed by atoms with Gasteiger partial charge in [-0.3, -0.25) is 5.06 Å². The van der Waals surface area contributed by atoms with Crippen LogP contribution in [0.4, 0.5) is 0 Å². The highest BCUT2D eigenvalue weighted by Gasteiger charge is 2.60. The van der Waals surface area contributed by atoms with E-state index >= 15 is 0 Å². The van der Waals surface area contributed by atoms with Crippen molar-refractivity contribution in [3.05, 3.63) is 40.2 Å². The molecule has 0 spiro atoms. The van der Waals surface area contributed by atoms with E-state index in [1.54, 1.807) is 39.8 Å². The molecule has 1 heterocycles. The first kappa shape index (κ1) is 16.4. The lowest BCUT2D eigenvalue weighted by molar-refractivity contribution is -0.805. The van der Waals surface area contributed by atoms with Gasteiger partial charge >= 0.3 is 11.8 Å². The molecular weight excluding hydrogens is 288 g/mol. The van der Waals surface area contributed by atoms with Crippen molar-refractivity contribution in [3.8, 4) is 5.75 Å². The van der Waals surface area contributed by atoms with E-state index in [0.29, 0.717) is 5.56 Å². The molecule has 1 aromatic rings. The zero-order chi connectivity index (χ0) is 16.7. The predicted molar refractivity (Wildman–Crippen MR) is 79.4 cm³/mol. The summed E-state index contributed by atoms with van der Waals surface area (Å²) in [5.74, 6) is -0.426. The lowest BCUT2D eigenvalue weighted by atomic mass is 9.84. The average Bonchev–Trinajstić information content (AvgIpc) is 2.58. The Kier molecular flexibility index (Phi) is 3.99. The number of nitrogens with zero attached hydrogens (tertiary/aromatic N) is 1. The number of nitrogens with one attached hydrogen (secondary N) is 1. The molecule has 0 aliphatic carbocycles. The molecule has 1 aromatic carbocycles. The minimum absolute atomic E-state index is 0.107. The Labute approximate surface area is 128 Å². The summed E-state index contributed by atoms with van der Waals surface area (Å²) in [6.45, 7) is 6.27. The molecule has 1 unspecified atom stereocenters. The third kappa shape index (κ3) is 2.37. The van der Waals surface area contributed by atoms with Crippen LogP contribution in [-0.2, 0) is 4.79 Å². The number of esters is 1. The Hall–Kier alpha value is -1.96. The van der Waals surface area contributed by atoms with Crippen LogP contribution in [0.2, 0.25) is 0 Å². The van der Waals surface area contributed by atoms with E-state index in [9.17, 15) is 15.2 Å². The van der Waals surface area contributed by atoms with Gasteiger partial charge in [0.2, 0.25) is 5.54 Å². The number of amidine groups is 1. The topological polar surface area (TPSA) is 100 Å². The van der Waals surface area contributed by atoms with Gasteiger partial charge in [-0.25, -0.2) is 4.79 Å². The molecule has 0 saturated heterocycles. The number of hydrogen-bond donors (Lipinski definition) is 2. The summed E-state index contributed by atoms with van der Waals surface area (Å²) < 4.78 is 5.60. The number of benzene rings is 1. The third-order valence-electron chi connectivity index (χ3n) is 4.51. The minimum atomic E-state index is -0.846. The van der Waals surface area contributed by atoms with Gasteiger partial charge in [0.05, 0.1) is 0 Å². The van der Waals surface area contributed by atoms with Crippen molar-refractivity contribution in [2.24, 2.45) is 0 Å². The first-order valence-corrected chi connectivity index (χ1v) is 6.94. The quantitative estimate of drug-likeness (QED) is 0.348. The molecular formula is C15H20N2O5. The van der Waals surface area contributed by atoms with Crippen LogP contribution in [0.5, 0.6) is 5.75 Å². The van der Waals surface area contributed by atoms with E-state index in [4.69, 9.17) is 9.84 Å². The highest BCUT2D eigenvalue weighted by molar-refractivity contribution is 5.89. The number of aliphatic hydroxyl groups excluding tert-OH is 1. The van der Waals surface area contributed by atoms with Crippen LogP contribution in [0.15, 0.2) is 24.3 Å². The number of hydroxylamine groups is 3. The number of rotatable bonds is 3. The van der Waals surface area contributed by atoms with Crippen LogP contribution >= 0.6 is 0 Å². The molecule has 7 heteroatoms. The van der Waals surface area contributed by atoms with Gasteiger partial charge in [-0.15, -0.1) is 4.74 Å². The number of aliphatic hydroxyl groups is 1. The summed E-state index contributed by atoms with van der Waals surface area (Å²) >= 11 is 0. The van der Waals surface area contributed by atoms with E-state index in [2.05, 4.69) is 0 Å². The van der Waals surface area contributed by atoms with Crippen molar-refractivity contribution in [3.63, 3.8) is 0 Å². The van der Waals surface area contributed by atoms with Gasteiger partial charge in [0.15, 0.2) is 5.54 Å². The number of quaternary nitrogens is 1. The second-order valence-corrected chi connectivity index (χ2v) is 6.31. The SMILES string of the molecule is CC1(C)[N+]([O-])=C(c2ccc(OC(=O)CO)cc2)[NH+]([O-])C1(C)C. The zero-order valence-corrected chi connectivity index (χ0v) is 13.0. The fraction of sp³-hybridized carbons (Fsp3) is 0.467. The molecule has 0 radical (unpaired) electrons. The van der Waals surface area contributed by atoms with Crippen molar-refractivity contribution in [1.82, 2.24) is 0 Å². The molecule has 1 aliphatic rings. The molecule has 7 nitrogen and oxygen atoms in total. The second kappa shape index (κ2) is 5.35. The normalized spacial score (nSPS) is 22.7. The van der Waals surface area contributed by atoms with Crippen molar-refractivity contribution >= 4 is 11.8 Å². The Morgan fingerprint density at radius 2 is 1.82 bits per heavy atom. The zero-order valence-electron chi connectivity index (χ0n) is 13.0. The Morgan fingerprint density at radius 1 is 1.27 bits per heavy atom. The summed E-state index contributed by atoms with van der Waals surface area (Å²) in [5.41, 5.74) is -1.17. The van der Waals surface area contributed by atoms with E-state index < -0.39 is 23.7 Å². The standard InChI is InChI=1S/C15H20N2O5/c1-14(2)15(3,4)17(21)13(16(14)20)10-5-7-11(8-6-10)22-12(19)9-18/h5-8,16,18H,9H2,1-4H3. The lowest BCUT2D eigenvalue weighted by Gasteiger charge is -2.34. The molecule has 1 aliphatic heterocycles. The van der Waals surface area contributed by atoms with Crippen molar-refractivity contribution in [1.29, 1.82) is 0 Å². The van der Waals surface area contributed by atoms with Gasteiger partial charge in [0, 0.05) is 13.8 Å². The predicted octanol–water partition coefficient (Wildman–Crippen LogP) is -0.205. The van der Waals surface area contributed by atoms with E-state index in [0.717, 1.165) is 4.74 Å². The summed E-state index contributed by atoms with van der Waals surface area (Å²) in [6.07, 6.45) is 0.